The van der Waals surface area contributed by atoms with E-state index in [-0.39, 0.29) is 17.2 Å². The minimum atomic E-state index is -0.0292. The molecule has 0 unspecified atom stereocenters. The molecular formula is C18H26N4O3. The van der Waals surface area contributed by atoms with E-state index in [0.29, 0.717) is 38.4 Å². The number of piperidine rings is 1. The molecule has 25 heavy (non-hydrogen) atoms. The number of carbonyl (C=O) groups is 2. The van der Waals surface area contributed by atoms with Crippen molar-refractivity contribution in [2.24, 2.45) is 5.41 Å². The third-order valence-electron chi connectivity index (χ3n) is 5.62. The Morgan fingerprint density at radius 1 is 1.28 bits per heavy atom. The Labute approximate surface area is 148 Å². The van der Waals surface area contributed by atoms with Gasteiger partial charge in [-0.1, -0.05) is 0 Å². The van der Waals surface area contributed by atoms with E-state index in [1.165, 1.54) is 6.33 Å². The summed E-state index contributed by atoms with van der Waals surface area (Å²) in [6.07, 6.45) is 3.75. The van der Waals surface area contributed by atoms with E-state index in [1.807, 2.05) is 23.6 Å². The van der Waals surface area contributed by atoms with Crippen molar-refractivity contribution in [3.05, 3.63) is 23.3 Å². The van der Waals surface area contributed by atoms with E-state index < -0.39 is 0 Å². The van der Waals surface area contributed by atoms with Crippen LogP contribution < -0.4 is 0 Å². The summed E-state index contributed by atoms with van der Waals surface area (Å²) in [4.78, 5) is 37.1. The lowest BCUT2D eigenvalue weighted by molar-refractivity contribution is -0.128. The van der Waals surface area contributed by atoms with Gasteiger partial charge in [0.2, 0.25) is 5.91 Å². The number of likely N-dealkylation sites (tertiary alicyclic amines) is 2. The fourth-order valence-electron chi connectivity index (χ4n) is 3.81. The highest BCUT2D eigenvalue weighted by Gasteiger charge is 2.45. The molecule has 0 N–H and O–H groups in total. The molecule has 3 heterocycles. The number of aromatic nitrogens is 2. The highest BCUT2D eigenvalue weighted by molar-refractivity contribution is 5.93. The maximum absolute atomic E-state index is 12.8. The third-order valence-corrected chi connectivity index (χ3v) is 5.62. The molecule has 2 aliphatic rings. The van der Waals surface area contributed by atoms with E-state index in [2.05, 4.69) is 9.97 Å². The summed E-state index contributed by atoms with van der Waals surface area (Å²) in [7, 11) is 1.65. The molecule has 1 spiro atoms. The summed E-state index contributed by atoms with van der Waals surface area (Å²) in [5.41, 5.74) is 2.18. The molecular weight excluding hydrogens is 320 g/mol. The van der Waals surface area contributed by atoms with Gasteiger partial charge in [0, 0.05) is 56.4 Å². The molecule has 0 aliphatic carbocycles. The van der Waals surface area contributed by atoms with Crippen molar-refractivity contribution >= 4 is 11.8 Å². The first-order valence-electron chi connectivity index (χ1n) is 8.80. The largest absolute Gasteiger partial charge is 0.383 e. The first-order valence-corrected chi connectivity index (χ1v) is 8.80. The molecule has 0 aromatic carbocycles. The Bertz CT molecular complexity index is 668. The second-order valence-corrected chi connectivity index (χ2v) is 7.21. The number of methoxy groups -OCH3 is 1. The molecule has 1 aromatic rings. The van der Waals surface area contributed by atoms with Crippen molar-refractivity contribution in [2.75, 3.05) is 39.9 Å². The predicted octanol–water partition coefficient (Wildman–Crippen LogP) is 1.19. The van der Waals surface area contributed by atoms with Gasteiger partial charge in [-0.3, -0.25) is 9.59 Å². The van der Waals surface area contributed by atoms with Crippen molar-refractivity contribution in [2.45, 2.75) is 33.1 Å². The second kappa shape index (κ2) is 7.07. The number of hydrogen-bond donors (Lipinski definition) is 0. The SMILES string of the molecule is COCCN1CC2(CCN(C(=O)c3ncnc(C)c3C)CC2)CC1=O. The van der Waals surface area contributed by atoms with Crippen LogP contribution in [0, 0.1) is 19.3 Å². The zero-order valence-electron chi connectivity index (χ0n) is 15.2. The molecule has 0 saturated carbocycles. The monoisotopic (exact) mass is 346 g/mol. The van der Waals surface area contributed by atoms with E-state index in [1.54, 1.807) is 7.11 Å². The molecule has 0 radical (unpaired) electrons. The van der Waals surface area contributed by atoms with Crippen molar-refractivity contribution in [3.8, 4) is 0 Å². The minimum Gasteiger partial charge on any atom is -0.383 e. The number of hydrogen-bond acceptors (Lipinski definition) is 5. The maximum atomic E-state index is 12.8. The van der Waals surface area contributed by atoms with Crippen LogP contribution in [0.1, 0.15) is 41.0 Å². The summed E-state index contributed by atoms with van der Waals surface area (Å²) in [5.74, 6) is 0.178. The first kappa shape index (κ1) is 17.8. The molecule has 3 rings (SSSR count). The number of rotatable bonds is 4. The van der Waals surface area contributed by atoms with Gasteiger partial charge in [0.25, 0.3) is 5.91 Å². The van der Waals surface area contributed by atoms with Crippen LogP contribution in [0.5, 0.6) is 0 Å². The van der Waals surface area contributed by atoms with Gasteiger partial charge >= 0.3 is 0 Å². The summed E-state index contributed by atoms with van der Waals surface area (Å²) < 4.78 is 5.09. The van der Waals surface area contributed by atoms with Gasteiger partial charge in [-0.25, -0.2) is 9.97 Å². The lowest BCUT2D eigenvalue weighted by Crippen LogP contribution is -2.44. The summed E-state index contributed by atoms with van der Waals surface area (Å²) in [6, 6.07) is 0. The fourth-order valence-corrected chi connectivity index (χ4v) is 3.81. The Balaban J connectivity index is 1.63. The van der Waals surface area contributed by atoms with Gasteiger partial charge in [-0.05, 0) is 26.7 Å². The molecule has 0 atom stereocenters. The zero-order valence-corrected chi connectivity index (χ0v) is 15.2. The second-order valence-electron chi connectivity index (χ2n) is 7.21. The quantitative estimate of drug-likeness (QED) is 0.819. The topological polar surface area (TPSA) is 75.6 Å². The van der Waals surface area contributed by atoms with Crippen LogP contribution >= 0.6 is 0 Å². The van der Waals surface area contributed by atoms with Crippen molar-refractivity contribution < 1.29 is 14.3 Å². The molecule has 7 heteroatoms. The molecule has 2 amide bonds. The third kappa shape index (κ3) is 3.51. The highest BCUT2D eigenvalue weighted by Crippen LogP contribution is 2.41. The fraction of sp³-hybridized carbons (Fsp3) is 0.667. The van der Waals surface area contributed by atoms with Crippen LogP contribution in [0.25, 0.3) is 0 Å². The van der Waals surface area contributed by atoms with Crippen LogP contribution in [0.4, 0.5) is 0 Å². The smallest absolute Gasteiger partial charge is 0.272 e. The average molecular weight is 346 g/mol. The lowest BCUT2D eigenvalue weighted by Gasteiger charge is -2.38. The predicted molar refractivity (Wildman–Crippen MR) is 92.1 cm³/mol. The molecule has 2 fully saturated rings. The van der Waals surface area contributed by atoms with Gasteiger partial charge in [-0.2, -0.15) is 0 Å². The van der Waals surface area contributed by atoms with Gasteiger partial charge in [0.05, 0.1) is 6.61 Å². The van der Waals surface area contributed by atoms with Gasteiger partial charge in [0.1, 0.15) is 12.0 Å². The van der Waals surface area contributed by atoms with Crippen LogP contribution in [-0.2, 0) is 9.53 Å². The molecule has 2 saturated heterocycles. The van der Waals surface area contributed by atoms with Crippen molar-refractivity contribution in [3.63, 3.8) is 0 Å². The van der Waals surface area contributed by atoms with Crippen molar-refractivity contribution in [1.29, 1.82) is 0 Å². The van der Waals surface area contributed by atoms with Gasteiger partial charge in [0.15, 0.2) is 0 Å². The van der Waals surface area contributed by atoms with Crippen LogP contribution in [0.15, 0.2) is 6.33 Å². The Hall–Kier alpha value is -2.02. The van der Waals surface area contributed by atoms with Gasteiger partial charge in [-0.15, -0.1) is 0 Å². The molecule has 7 nitrogen and oxygen atoms in total. The van der Waals surface area contributed by atoms with Crippen molar-refractivity contribution in [1.82, 2.24) is 19.8 Å². The lowest BCUT2D eigenvalue weighted by atomic mass is 9.77. The zero-order chi connectivity index (χ0) is 18.0. The number of aryl methyl sites for hydroxylation is 1. The normalized spacial score (nSPS) is 19.7. The molecule has 1 aromatic heterocycles. The highest BCUT2D eigenvalue weighted by atomic mass is 16.5. The van der Waals surface area contributed by atoms with Gasteiger partial charge < -0.3 is 14.5 Å². The average Bonchev–Trinajstić information content (AvgIpc) is 2.91. The van der Waals surface area contributed by atoms with Crippen LogP contribution in [0.3, 0.4) is 0 Å². The minimum absolute atomic E-state index is 0.0121. The Morgan fingerprint density at radius 2 is 2.00 bits per heavy atom. The molecule has 0 bridgehead atoms. The number of amides is 2. The molecule has 2 aliphatic heterocycles. The molecule has 136 valence electrons. The van der Waals surface area contributed by atoms with Crippen LogP contribution in [-0.4, -0.2) is 71.5 Å². The maximum Gasteiger partial charge on any atom is 0.272 e. The first-order chi connectivity index (χ1) is 12.0. The van der Waals surface area contributed by atoms with E-state index in [4.69, 9.17) is 4.74 Å². The summed E-state index contributed by atoms with van der Waals surface area (Å²) in [5, 5.41) is 0. The summed E-state index contributed by atoms with van der Waals surface area (Å²) >= 11 is 0. The standard InChI is InChI=1S/C18H26N4O3/c1-13-14(2)19-12-20-16(13)17(24)21-6-4-18(5-7-21)10-15(23)22(11-18)8-9-25-3/h12H,4-11H2,1-3H3. The number of ether oxygens (including phenoxy) is 1. The van der Waals surface area contributed by atoms with Crippen LogP contribution in [0.2, 0.25) is 0 Å². The number of carbonyl (C=O) groups excluding carboxylic acids is 2. The van der Waals surface area contributed by atoms with E-state index >= 15 is 0 Å². The number of nitrogens with zero attached hydrogens (tertiary/aromatic N) is 4. The van der Waals surface area contributed by atoms with E-state index in [0.717, 1.165) is 30.6 Å². The van der Waals surface area contributed by atoms with E-state index in [9.17, 15) is 9.59 Å². The Morgan fingerprint density at radius 3 is 2.68 bits per heavy atom. The summed E-state index contributed by atoms with van der Waals surface area (Å²) in [6.45, 7) is 7.12. The Kier molecular flexibility index (Phi) is 5.03.